The minimum atomic E-state index is -0.505. The lowest BCUT2D eigenvalue weighted by Gasteiger charge is -2.12. The van der Waals surface area contributed by atoms with Gasteiger partial charge in [-0.25, -0.2) is 4.39 Å². The van der Waals surface area contributed by atoms with Crippen molar-refractivity contribution < 1.29 is 18.7 Å². The number of esters is 1. The third-order valence-corrected chi connectivity index (χ3v) is 6.56. The van der Waals surface area contributed by atoms with Crippen molar-refractivity contribution in [1.82, 2.24) is 9.78 Å². The summed E-state index contributed by atoms with van der Waals surface area (Å²) in [6.45, 7) is 3.27. The Balaban J connectivity index is 1.62. The van der Waals surface area contributed by atoms with Gasteiger partial charge in [0, 0.05) is 28.2 Å². The Labute approximate surface area is 233 Å². The fourth-order valence-electron chi connectivity index (χ4n) is 4.22. The summed E-state index contributed by atoms with van der Waals surface area (Å²) in [7, 11) is 0. The zero-order chi connectivity index (χ0) is 27.5. The van der Waals surface area contributed by atoms with E-state index in [2.05, 4.69) is 21.2 Å². The number of halogens is 2. The monoisotopic (exact) mass is 583 g/mol. The van der Waals surface area contributed by atoms with Crippen molar-refractivity contribution >= 4 is 33.5 Å². The number of amides is 1. The zero-order valence-electron chi connectivity index (χ0n) is 21.1. The molecule has 5 rings (SSSR count). The van der Waals surface area contributed by atoms with Gasteiger partial charge in [-0.3, -0.25) is 9.59 Å². The predicted molar refractivity (Wildman–Crippen MR) is 153 cm³/mol. The van der Waals surface area contributed by atoms with Crippen LogP contribution in [0.15, 0.2) is 102 Å². The van der Waals surface area contributed by atoms with E-state index >= 15 is 0 Å². The number of hydrogen-bond acceptors (Lipinski definition) is 4. The summed E-state index contributed by atoms with van der Waals surface area (Å²) in [4.78, 5) is 24.9. The van der Waals surface area contributed by atoms with Crippen LogP contribution in [0.1, 0.15) is 22.8 Å². The molecule has 0 aliphatic rings. The molecule has 0 aliphatic carbocycles. The van der Waals surface area contributed by atoms with Crippen LogP contribution in [0.3, 0.4) is 0 Å². The van der Waals surface area contributed by atoms with Crippen molar-refractivity contribution in [3.05, 3.63) is 118 Å². The number of anilines is 1. The number of ether oxygens (including phenoxy) is 1. The molecule has 0 atom stereocenters. The fourth-order valence-corrected chi connectivity index (χ4v) is 4.62. The first kappa shape index (κ1) is 26.1. The van der Waals surface area contributed by atoms with Crippen molar-refractivity contribution in [2.24, 2.45) is 0 Å². The third-order valence-electron chi connectivity index (χ3n) is 6.06. The van der Waals surface area contributed by atoms with Crippen molar-refractivity contribution in [3.63, 3.8) is 0 Å². The van der Waals surface area contributed by atoms with E-state index in [1.165, 1.54) is 19.1 Å². The van der Waals surface area contributed by atoms with Gasteiger partial charge in [0.2, 0.25) is 5.88 Å². The van der Waals surface area contributed by atoms with Crippen molar-refractivity contribution in [2.45, 2.75) is 13.8 Å². The summed E-state index contributed by atoms with van der Waals surface area (Å²) >= 11 is 3.38. The topological polar surface area (TPSA) is 73.2 Å². The maximum atomic E-state index is 13.8. The second-order valence-electron chi connectivity index (χ2n) is 8.87. The molecule has 1 aromatic heterocycles. The highest BCUT2D eigenvalue weighted by Gasteiger charge is 2.25. The van der Waals surface area contributed by atoms with Gasteiger partial charge in [-0.1, -0.05) is 52.3 Å². The van der Waals surface area contributed by atoms with Gasteiger partial charge in [0.1, 0.15) is 11.5 Å². The summed E-state index contributed by atoms with van der Waals surface area (Å²) < 4.78 is 21.9. The number of rotatable bonds is 6. The molecule has 0 bridgehead atoms. The van der Waals surface area contributed by atoms with Crippen molar-refractivity contribution in [3.8, 4) is 34.0 Å². The number of aryl methyl sites for hydroxylation is 1. The van der Waals surface area contributed by atoms with E-state index in [1.54, 1.807) is 47.1 Å². The molecule has 194 valence electrons. The SMILES string of the molecule is CC(=O)Oc1c(-c2ccc(NC(=O)c3cccc(Br)c3)cc2)c(-c2ccc(F)cc2)nn1-c1ccccc1C. The number of carbonyl (C=O) groups is 2. The number of aromatic nitrogens is 2. The zero-order valence-corrected chi connectivity index (χ0v) is 22.7. The largest absolute Gasteiger partial charge is 0.407 e. The second kappa shape index (κ2) is 11.0. The molecule has 5 aromatic rings. The van der Waals surface area contributed by atoms with E-state index < -0.39 is 5.97 Å². The molecule has 0 radical (unpaired) electrons. The normalized spacial score (nSPS) is 10.8. The lowest BCUT2D eigenvalue weighted by Crippen LogP contribution is -2.11. The first-order chi connectivity index (χ1) is 18.8. The summed E-state index contributed by atoms with van der Waals surface area (Å²) in [6.07, 6.45) is 0. The maximum Gasteiger partial charge on any atom is 0.309 e. The van der Waals surface area contributed by atoms with E-state index in [9.17, 15) is 14.0 Å². The number of benzene rings is 4. The number of carbonyl (C=O) groups excluding carboxylic acids is 2. The molecule has 8 heteroatoms. The number of para-hydroxylation sites is 1. The lowest BCUT2D eigenvalue weighted by molar-refractivity contribution is -0.132. The Kier molecular flexibility index (Phi) is 7.38. The minimum absolute atomic E-state index is 0.238. The lowest BCUT2D eigenvalue weighted by atomic mass is 10.0. The van der Waals surface area contributed by atoms with Gasteiger partial charge in [0.15, 0.2) is 0 Å². The molecule has 0 aliphatic heterocycles. The molecular weight excluding hydrogens is 561 g/mol. The van der Waals surface area contributed by atoms with Gasteiger partial charge in [0.25, 0.3) is 5.91 Å². The third kappa shape index (κ3) is 5.66. The van der Waals surface area contributed by atoms with E-state index in [4.69, 9.17) is 9.84 Å². The molecule has 0 spiro atoms. The van der Waals surface area contributed by atoms with Crippen molar-refractivity contribution in [2.75, 3.05) is 5.32 Å². The molecule has 1 N–H and O–H groups in total. The minimum Gasteiger partial charge on any atom is -0.407 e. The van der Waals surface area contributed by atoms with E-state index in [0.29, 0.717) is 33.6 Å². The van der Waals surface area contributed by atoms with E-state index in [-0.39, 0.29) is 17.6 Å². The average molecular weight is 584 g/mol. The Hall–Kier alpha value is -4.56. The summed E-state index contributed by atoms with van der Waals surface area (Å²) in [6, 6.07) is 27.9. The highest BCUT2D eigenvalue weighted by molar-refractivity contribution is 9.10. The van der Waals surface area contributed by atoms with Crippen LogP contribution in [-0.4, -0.2) is 21.7 Å². The molecule has 0 saturated carbocycles. The predicted octanol–water partition coefficient (Wildman–Crippen LogP) is 7.59. The summed E-state index contributed by atoms with van der Waals surface area (Å²) in [5, 5.41) is 7.73. The number of nitrogens with one attached hydrogen (secondary N) is 1. The van der Waals surface area contributed by atoms with Crippen LogP contribution in [0.25, 0.3) is 28.1 Å². The average Bonchev–Trinajstić information content (AvgIpc) is 3.28. The molecule has 39 heavy (non-hydrogen) atoms. The van der Waals surface area contributed by atoms with Crippen LogP contribution in [0.5, 0.6) is 5.88 Å². The molecule has 0 unspecified atom stereocenters. The first-order valence-corrected chi connectivity index (χ1v) is 12.9. The van der Waals surface area contributed by atoms with Gasteiger partial charge >= 0.3 is 5.97 Å². The quantitative estimate of drug-likeness (QED) is 0.209. The maximum absolute atomic E-state index is 13.8. The Morgan fingerprint density at radius 1 is 0.897 bits per heavy atom. The summed E-state index contributed by atoms with van der Waals surface area (Å²) in [5.41, 5.74) is 5.20. The molecule has 1 amide bonds. The van der Waals surface area contributed by atoms with Crippen LogP contribution < -0.4 is 10.1 Å². The van der Waals surface area contributed by atoms with Crippen LogP contribution in [0.4, 0.5) is 10.1 Å². The van der Waals surface area contributed by atoms with Gasteiger partial charge in [-0.2, -0.15) is 9.78 Å². The Morgan fingerprint density at radius 3 is 2.26 bits per heavy atom. The van der Waals surface area contributed by atoms with Crippen molar-refractivity contribution in [1.29, 1.82) is 0 Å². The highest BCUT2D eigenvalue weighted by atomic mass is 79.9. The molecule has 0 fully saturated rings. The van der Waals surface area contributed by atoms with Gasteiger partial charge in [-0.15, -0.1) is 0 Å². The highest BCUT2D eigenvalue weighted by Crippen LogP contribution is 2.41. The molecule has 1 heterocycles. The van der Waals surface area contributed by atoms with Gasteiger partial charge in [-0.05, 0) is 78.7 Å². The number of hydrogen-bond donors (Lipinski definition) is 1. The molecule has 6 nitrogen and oxygen atoms in total. The molecular formula is C31H23BrFN3O3. The van der Waals surface area contributed by atoms with Crippen LogP contribution in [-0.2, 0) is 4.79 Å². The van der Waals surface area contributed by atoms with E-state index in [1.807, 2.05) is 49.4 Å². The summed E-state index contributed by atoms with van der Waals surface area (Å²) in [5.74, 6) is -0.884. The Morgan fingerprint density at radius 2 is 1.59 bits per heavy atom. The van der Waals surface area contributed by atoms with E-state index in [0.717, 1.165) is 15.7 Å². The fraction of sp³-hybridized carbons (Fsp3) is 0.0645. The second-order valence-corrected chi connectivity index (χ2v) is 9.79. The van der Waals surface area contributed by atoms with Crippen LogP contribution in [0, 0.1) is 12.7 Å². The smallest absolute Gasteiger partial charge is 0.309 e. The van der Waals surface area contributed by atoms with Crippen LogP contribution in [0.2, 0.25) is 0 Å². The molecule has 4 aromatic carbocycles. The van der Waals surface area contributed by atoms with Gasteiger partial charge in [0.05, 0.1) is 11.3 Å². The van der Waals surface area contributed by atoms with Gasteiger partial charge < -0.3 is 10.1 Å². The standard InChI is InChI=1S/C31H23BrFN3O3/c1-19-6-3-4-9-27(19)36-31(39-20(2)37)28(29(35-36)22-10-14-25(33)15-11-22)21-12-16-26(17-13-21)34-30(38)23-7-5-8-24(32)18-23/h3-18H,1-2H3,(H,34,38). The van der Waals surface area contributed by atoms with Crippen LogP contribution >= 0.6 is 15.9 Å². The first-order valence-electron chi connectivity index (χ1n) is 12.1. The Bertz CT molecular complexity index is 1680. The number of nitrogens with zero attached hydrogens (tertiary/aromatic N) is 2. The molecule has 0 saturated heterocycles.